The van der Waals surface area contributed by atoms with Gasteiger partial charge in [0.05, 0.1) is 10.7 Å². The molecule has 2 aliphatic rings. The van der Waals surface area contributed by atoms with E-state index in [0.29, 0.717) is 5.92 Å². The molecule has 0 aromatic carbocycles. The lowest BCUT2D eigenvalue weighted by Crippen LogP contribution is -2.25. The molecule has 0 spiro atoms. The van der Waals surface area contributed by atoms with E-state index < -0.39 is 0 Å². The Balaban J connectivity index is 1.65. The molecule has 2 nitrogen and oxygen atoms in total. The molecule has 3 heteroatoms. The standard InChI is InChI=1S/C16H26N2S/c1-11(2)9-15-18-16(12-7-8-12)14(19-15)10-17-13-5-3-4-6-13/h11-13,17H,3-10H2,1-2H3. The third-order valence-electron chi connectivity index (χ3n) is 4.23. The molecule has 19 heavy (non-hydrogen) atoms. The third kappa shape index (κ3) is 3.57. The Morgan fingerprint density at radius 2 is 1.95 bits per heavy atom. The molecule has 1 N–H and O–H groups in total. The molecule has 2 aliphatic carbocycles. The zero-order valence-electron chi connectivity index (χ0n) is 12.2. The first-order valence-corrected chi connectivity index (χ1v) is 8.76. The summed E-state index contributed by atoms with van der Waals surface area (Å²) in [5, 5.41) is 5.12. The molecule has 0 unspecified atom stereocenters. The highest BCUT2D eigenvalue weighted by Crippen LogP contribution is 2.43. The Bertz CT molecular complexity index is 414. The highest BCUT2D eigenvalue weighted by molar-refractivity contribution is 7.11. The fraction of sp³-hybridized carbons (Fsp3) is 0.812. The van der Waals surface area contributed by atoms with Crippen LogP contribution in [0.4, 0.5) is 0 Å². The molecule has 1 heterocycles. The topological polar surface area (TPSA) is 24.9 Å². The minimum atomic E-state index is 0.717. The van der Waals surface area contributed by atoms with Crippen LogP contribution in [-0.4, -0.2) is 11.0 Å². The summed E-state index contributed by atoms with van der Waals surface area (Å²) in [6.45, 7) is 5.63. The number of hydrogen-bond donors (Lipinski definition) is 1. The highest BCUT2D eigenvalue weighted by atomic mass is 32.1. The largest absolute Gasteiger partial charge is 0.309 e. The van der Waals surface area contributed by atoms with Gasteiger partial charge in [0.25, 0.3) is 0 Å². The van der Waals surface area contributed by atoms with E-state index >= 15 is 0 Å². The third-order valence-corrected chi connectivity index (χ3v) is 5.32. The van der Waals surface area contributed by atoms with Gasteiger partial charge in [0.1, 0.15) is 0 Å². The van der Waals surface area contributed by atoms with Gasteiger partial charge in [-0.1, -0.05) is 26.7 Å². The number of aromatic nitrogens is 1. The van der Waals surface area contributed by atoms with Crippen LogP contribution in [0.15, 0.2) is 0 Å². The Labute approximate surface area is 121 Å². The van der Waals surface area contributed by atoms with Crippen molar-refractivity contribution in [2.45, 2.75) is 77.3 Å². The van der Waals surface area contributed by atoms with Crippen LogP contribution >= 0.6 is 11.3 Å². The first-order chi connectivity index (χ1) is 9.22. The van der Waals surface area contributed by atoms with Gasteiger partial charge in [-0.25, -0.2) is 4.98 Å². The molecule has 1 aromatic heterocycles. The van der Waals surface area contributed by atoms with Gasteiger partial charge in [-0.3, -0.25) is 0 Å². The lowest BCUT2D eigenvalue weighted by molar-refractivity contribution is 0.525. The second-order valence-corrected chi connectivity index (χ2v) is 7.82. The average molecular weight is 278 g/mol. The lowest BCUT2D eigenvalue weighted by atomic mass is 10.1. The van der Waals surface area contributed by atoms with Crippen molar-refractivity contribution in [1.29, 1.82) is 0 Å². The van der Waals surface area contributed by atoms with Crippen molar-refractivity contribution in [2.24, 2.45) is 5.92 Å². The summed E-state index contributed by atoms with van der Waals surface area (Å²) in [6.07, 6.45) is 9.44. The van der Waals surface area contributed by atoms with Crippen LogP contribution in [-0.2, 0) is 13.0 Å². The molecule has 0 aliphatic heterocycles. The van der Waals surface area contributed by atoms with Crippen molar-refractivity contribution in [1.82, 2.24) is 10.3 Å². The SMILES string of the molecule is CC(C)Cc1nc(C2CC2)c(CNC2CCCC2)s1. The van der Waals surface area contributed by atoms with Crippen LogP contribution in [0.25, 0.3) is 0 Å². The minimum absolute atomic E-state index is 0.717. The maximum absolute atomic E-state index is 4.94. The van der Waals surface area contributed by atoms with Gasteiger partial charge in [-0.15, -0.1) is 11.3 Å². The molecule has 2 saturated carbocycles. The van der Waals surface area contributed by atoms with E-state index in [1.54, 1.807) is 0 Å². The fourth-order valence-electron chi connectivity index (χ4n) is 3.02. The summed E-state index contributed by atoms with van der Waals surface area (Å²) in [5.74, 6) is 1.51. The Morgan fingerprint density at radius 3 is 2.58 bits per heavy atom. The summed E-state index contributed by atoms with van der Waals surface area (Å²) in [6, 6.07) is 0.766. The van der Waals surface area contributed by atoms with Crippen LogP contribution < -0.4 is 5.32 Å². The number of thiazole rings is 1. The van der Waals surface area contributed by atoms with Gasteiger partial charge in [0, 0.05) is 29.8 Å². The average Bonchev–Trinajstić information content (AvgIpc) is 2.93. The Morgan fingerprint density at radius 1 is 1.21 bits per heavy atom. The summed E-state index contributed by atoms with van der Waals surface area (Å²) in [4.78, 5) is 6.47. The van der Waals surface area contributed by atoms with Crippen molar-refractivity contribution in [3.05, 3.63) is 15.6 Å². The van der Waals surface area contributed by atoms with Crippen LogP contribution in [0, 0.1) is 5.92 Å². The summed E-state index contributed by atoms with van der Waals surface area (Å²) in [7, 11) is 0. The Kier molecular flexibility index (Phi) is 4.23. The highest BCUT2D eigenvalue weighted by Gasteiger charge is 2.29. The minimum Gasteiger partial charge on any atom is -0.309 e. The number of rotatable bonds is 6. The molecular weight excluding hydrogens is 252 g/mol. The van der Waals surface area contributed by atoms with Gasteiger partial charge in [0.2, 0.25) is 0 Å². The number of nitrogens with one attached hydrogen (secondary N) is 1. The van der Waals surface area contributed by atoms with Crippen LogP contribution in [0.3, 0.4) is 0 Å². The van der Waals surface area contributed by atoms with Crippen molar-refractivity contribution in [3.8, 4) is 0 Å². The van der Waals surface area contributed by atoms with E-state index in [9.17, 15) is 0 Å². The van der Waals surface area contributed by atoms with Crippen molar-refractivity contribution in [3.63, 3.8) is 0 Å². The molecule has 0 amide bonds. The predicted molar refractivity (Wildman–Crippen MR) is 81.7 cm³/mol. The first-order valence-electron chi connectivity index (χ1n) is 7.94. The summed E-state index contributed by atoms with van der Waals surface area (Å²) < 4.78 is 0. The molecule has 1 aromatic rings. The summed E-state index contributed by atoms with van der Waals surface area (Å²) >= 11 is 1.97. The molecule has 0 saturated heterocycles. The zero-order valence-corrected chi connectivity index (χ0v) is 13.1. The second-order valence-electron chi connectivity index (χ2n) is 6.65. The maximum atomic E-state index is 4.94. The fourth-order valence-corrected chi connectivity index (χ4v) is 4.34. The molecule has 106 valence electrons. The lowest BCUT2D eigenvalue weighted by Gasteiger charge is -2.11. The zero-order chi connectivity index (χ0) is 13.2. The van der Waals surface area contributed by atoms with Gasteiger partial charge >= 0.3 is 0 Å². The molecule has 0 atom stereocenters. The maximum Gasteiger partial charge on any atom is 0.0934 e. The van der Waals surface area contributed by atoms with Crippen molar-refractivity contribution < 1.29 is 0 Å². The second kappa shape index (κ2) is 5.92. The van der Waals surface area contributed by atoms with Crippen LogP contribution in [0.5, 0.6) is 0 Å². The van der Waals surface area contributed by atoms with Gasteiger partial charge in [0.15, 0.2) is 0 Å². The van der Waals surface area contributed by atoms with Crippen molar-refractivity contribution >= 4 is 11.3 Å². The van der Waals surface area contributed by atoms with E-state index in [0.717, 1.165) is 24.9 Å². The van der Waals surface area contributed by atoms with E-state index in [-0.39, 0.29) is 0 Å². The normalized spacial score (nSPS) is 20.6. The van der Waals surface area contributed by atoms with Crippen molar-refractivity contribution in [2.75, 3.05) is 0 Å². The number of nitrogens with zero attached hydrogens (tertiary/aromatic N) is 1. The number of hydrogen-bond acceptors (Lipinski definition) is 3. The predicted octanol–water partition coefficient (Wildman–Crippen LogP) is 4.25. The quantitative estimate of drug-likeness (QED) is 0.841. The monoisotopic (exact) mass is 278 g/mol. The molecule has 0 radical (unpaired) electrons. The molecule has 0 bridgehead atoms. The van der Waals surface area contributed by atoms with Gasteiger partial charge < -0.3 is 5.32 Å². The van der Waals surface area contributed by atoms with E-state index in [1.807, 2.05) is 11.3 Å². The summed E-state index contributed by atoms with van der Waals surface area (Å²) in [5.41, 5.74) is 1.44. The molecule has 2 fully saturated rings. The van der Waals surface area contributed by atoms with Crippen LogP contribution in [0.1, 0.15) is 73.9 Å². The molecular formula is C16H26N2S. The molecule has 3 rings (SSSR count). The Hall–Kier alpha value is -0.410. The van der Waals surface area contributed by atoms with E-state index in [4.69, 9.17) is 4.98 Å². The first kappa shape index (κ1) is 13.6. The van der Waals surface area contributed by atoms with Gasteiger partial charge in [-0.05, 0) is 31.6 Å². The van der Waals surface area contributed by atoms with E-state index in [1.165, 1.54) is 54.1 Å². The van der Waals surface area contributed by atoms with Gasteiger partial charge in [-0.2, -0.15) is 0 Å². The smallest absolute Gasteiger partial charge is 0.0934 e. The van der Waals surface area contributed by atoms with Crippen LogP contribution in [0.2, 0.25) is 0 Å². The van der Waals surface area contributed by atoms with E-state index in [2.05, 4.69) is 19.2 Å².